The molecule has 4 nitrogen and oxygen atoms in total. The summed E-state index contributed by atoms with van der Waals surface area (Å²) in [4.78, 5) is 12.1. The van der Waals surface area contributed by atoms with E-state index in [1.807, 2.05) is 0 Å². The molecule has 6 heteroatoms. The van der Waals surface area contributed by atoms with E-state index < -0.39 is 12.5 Å². The highest BCUT2D eigenvalue weighted by Gasteiger charge is 2.16. The third-order valence-corrected chi connectivity index (χ3v) is 2.64. The average molecular weight is 281 g/mol. The molecule has 0 spiro atoms. The van der Waals surface area contributed by atoms with Gasteiger partial charge in [-0.1, -0.05) is 12.1 Å². The number of hydrogen-bond acceptors (Lipinski definition) is 3. The van der Waals surface area contributed by atoms with Crippen LogP contribution >= 0.6 is 0 Å². The molecule has 0 unspecified atom stereocenters. The molecule has 0 radical (unpaired) electrons. The number of furan rings is 1. The Hall–Kier alpha value is -2.37. The number of anilines is 1. The first-order chi connectivity index (χ1) is 9.47. The predicted octanol–water partition coefficient (Wildman–Crippen LogP) is 3.75. The van der Waals surface area contributed by atoms with Crippen molar-refractivity contribution < 1.29 is 22.7 Å². The molecule has 0 aliphatic rings. The SMILES string of the molecule is Cc1cc(C(=O)Nc2ccccc2OC(F)F)c(C)o1. The first-order valence-corrected chi connectivity index (χ1v) is 5.89. The summed E-state index contributed by atoms with van der Waals surface area (Å²) in [6.45, 7) is 0.423. The van der Waals surface area contributed by atoms with Gasteiger partial charge in [0.15, 0.2) is 0 Å². The number of amides is 1. The van der Waals surface area contributed by atoms with Crippen LogP contribution in [0.2, 0.25) is 0 Å². The van der Waals surface area contributed by atoms with E-state index in [-0.39, 0.29) is 11.4 Å². The summed E-state index contributed by atoms with van der Waals surface area (Å²) in [5, 5.41) is 2.53. The van der Waals surface area contributed by atoms with Crippen molar-refractivity contribution in [2.45, 2.75) is 20.5 Å². The van der Waals surface area contributed by atoms with Crippen molar-refractivity contribution in [3.63, 3.8) is 0 Å². The number of rotatable bonds is 4. The van der Waals surface area contributed by atoms with E-state index in [0.29, 0.717) is 17.1 Å². The Balaban J connectivity index is 2.22. The number of benzene rings is 1. The molecule has 0 saturated heterocycles. The molecule has 0 bridgehead atoms. The van der Waals surface area contributed by atoms with Crippen LogP contribution < -0.4 is 10.1 Å². The van der Waals surface area contributed by atoms with E-state index in [4.69, 9.17) is 4.42 Å². The second-order valence-corrected chi connectivity index (χ2v) is 4.16. The number of alkyl halides is 2. The van der Waals surface area contributed by atoms with Crippen molar-refractivity contribution in [2.24, 2.45) is 0 Å². The van der Waals surface area contributed by atoms with Gasteiger partial charge >= 0.3 is 6.61 Å². The monoisotopic (exact) mass is 281 g/mol. The minimum atomic E-state index is -2.95. The Kier molecular flexibility index (Phi) is 4.02. The fraction of sp³-hybridized carbons (Fsp3) is 0.214. The van der Waals surface area contributed by atoms with Gasteiger partial charge in [-0.3, -0.25) is 4.79 Å². The van der Waals surface area contributed by atoms with Crippen molar-refractivity contribution in [3.05, 3.63) is 47.4 Å². The molecular weight excluding hydrogens is 268 g/mol. The van der Waals surface area contributed by atoms with E-state index in [1.54, 1.807) is 32.0 Å². The van der Waals surface area contributed by atoms with Crippen LogP contribution in [0.25, 0.3) is 0 Å². The standard InChI is InChI=1S/C14H13F2NO3/c1-8-7-10(9(2)19-8)13(18)17-11-5-3-4-6-12(11)20-14(15)16/h3-7,14H,1-2H3,(H,17,18). The number of nitrogens with one attached hydrogen (secondary N) is 1. The fourth-order valence-corrected chi connectivity index (χ4v) is 1.81. The molecule has 1 amide bonds. The van der Waals surface area contributed by atoms with E-state index in [0.717, 1.165) is 0 Å². The maximum Gasteiger partial charge on any atom is 0.387 e. The van der Waals surface area contributed by atoms with Crippen LogP contribution in [0.3, 0.4) is 0 Å². The Morgan fingerprint density at radius 2 is 2.00 bits per heavy atom. The Bertz CT molecular complexity index is 623. The number of aryl methyl sites for hydroxylation is 2. The van der Waals surface area contributed by atoms with E-state index in [9.17, 15) is 13.6 Å². The third-order valence-electron chi connectivity index (χ3n) is 2.64. The molecule has 1 aromatic heterocycles. The molecule has 0 fully saturated rings. The van der Waals surface area contributed by atoms with Crippen molar-refractivity contribution in [1.29, 1.82) is 0 Å². The fourth-order valence-electron chi connectivity index (χ4n) is 1.81. The largest absolute Gasteiger partial charge is 0.466 e. The van der Waals surface area contributed by atoms with Crippen molar-refractivity contribution in [3.8, 4) is 5.75 Å². The predicted molar refractivity (Wildman–Crippen MR) is 69.2 cm³/mol. The van der Waals surface area contributed by atoms with Gasteiger partial charge in [-0.2, -0.15) is 8.78 Å². The number of carbonyl (C=O) groups is 1. The Morgan fingerprint density at radius 1 is 1.30 bits per heavy atom. The molecule has 0 aliphatic carbocycles. The van der Waals surface area contributed by atoms with Crippen molar-refractivity contribution in [1.82, 2.24) is 0 Å². The zero-order chi connectivity index (χ0) is 14.7. The summed E-state index contributed by atoms with van der Waals surface area (Å²) < 4.78 is 34.2. The van der Waals surface area contributed by atoms with Crippen LogP contribution in [0.15, 0.2) is 34.7 Å². The highest BCUT2D eigenvalue weighted by Crippen LogP contribution is 2.26. The second-order valence-electron chi connectivity index (χ2n) is 4.16. The summed E-state index contributed by atoms with van der Waals surface area (Å²) in [5.41, 5.74) is 0.533. The highest BCUT2D eigenvalue weighted by atomic mass is 19.3. The van der Waals surface area contributed by atoms with Crippen LogP contribution in [0, 0.1) is 13.8 Å². The molecule has 1 heterocycles. The second kappa shape index (κ2) is 5.73. The van der Waals surface area contributed by atoms with Crippen LogP contribution in [-0.2, 0) is 0 Å². The van der Waals surface area contributed by atoms with Gasteiger partial charge < -0.3 is 14.5 Å². The lowest BCUT2D eigenvalue weighted by Gasteiger charge is -2.11. The maximum absolute atomic E-state index is 12.3. The molecule has 2 rings (SSSR count). The summed E-state index contributed by atoms with van der Waals surface area (Å²) in [7, 11) is 0. The normalized spacial score (nSPS) is 10.7. The molecule has 1 aromatic carbocycles. The zero-order valence-electron chi connectivity index (χ0n) is 10.9. The average Bonchev–Trinajstić information content (AvgIpc) is 2.70. The van der Waals surface area contributed by atoms with Crippen molar-refractivity contribution >= 4 is 11.6 Å². The lowest BCUT2D eigenvalue weighted by Crippen LogP contribution is -2.14. The van der Waals surface area contributed by atoms with Gasteiger partial charge in [-0.15, -0.1) is 0 Å². The van der Waals surface area contributed by atoms with Gasteiger partial charge in [0.2, 0.25) is 0 Å². The van der Waals surface area contributed by atoms with Gasteiger partial charge in [0.05, 0.1) is 11.3 Å². The zero-order valence-corrected chi connectivity index (χ0v) is 10.9. The first kappa shape index (κ1) is 14.0. The van der Waals surface area contributed by atoms with Gasteiger partial charge in [-0.05, 0) is 32.0 Å². The highest BCUT2D eigenvalue weighted by molar-refractivity contribution is 6.05. The lowest BCUT2D eigenvalue weighted by atomic mass is 10.2. The molecule has 1 N–H and O–H groups in total. The molecular formula is C14H13F2NO3. The summed E-state index contributed by atoms with van der Waals surface area (Å²) in [5.74, 6) is 0.537. The van der Waals surface area contributed by atoms with Gasteiger partial charge in [0, 0.05) is 0 Å². The molecule has 106 valence electrons. The number of para-hydroxylation sites is 2. The molecule has 20 heavy (non-hydrogen) atoms. The van der Waals surface area contributed by atoms with E-state index in [2.05, 4.69) is 10.1 Å². The van der Waals surface area contributed by atoms with E-state index in [1.165, 1.54) is 12.1 Å². The Morgan fingerprint density at radius 3 is 2.60 bits per heavy atom. The molecule has 0 saturated carbocycles. The summed E-state index contributed by atoms with van der Waals surface area (Å²) in [6, 6.07) is 7.58. The Labute approximate surface area is 114 Å². The van der Waals surface area contributed by atoms with Gasteiger partial charge in [0.25, 0.3) is 5.91 Å². The first-order valence-electron chi connectivity index (χ1n) is 5.89. The topological polar surface area (TPSA) is 51.5 Å². The third kappa shape index (κ3) is 3.14. The van der Waals surface area contributed by atoms with Crippen LogP contribution in [0.1, 0.15) is 21.9 Å². The van der Waals surface area contributed by atoms with Crippen LogP contribution in [0.5, 0.6) is 5.75 Å². The lowest BCUT2D eigenvalue weighted by molar-refractivity contribution is -0.0493. The number of ether oxygens (including phenoxy) is 1. The van der Waals surface area contributed by atoms with Gasteiger partial charge in [-0.25, -0.2) is 0 Å². The summed E-state index contributed by atoms with van der Waals surface area (Å²) >= 11 is 0. The minimum absolute atomic E-state index is 0.0891. The minimum Gasteiger partial charge on any atom is -0.466 e. The van der Waals surface area contributed by atoms with Crippen LogP contribution in [-0.4, -0.2) is 12.5 Å². The molecule has 0 atom stereocenters. The van der Waals surface area contributed by atoms with E-state index >= 15 is 0 Å². The summed E-state index contributed by atoms with van der Waals surface area (Å²) in [6.07, 6.45) is 0. The molecule has 2 aromatic rings. The number of halogens is 2. The number of carbonyl (C=O) groups excluding carboxylic acids is 1. The molecule has 0 aliphatic heterocycles. The van der Waals surface area contributed by atoms with Crippen molar-refractivity contribution in [2.75, 3.05) is 5.32 Å². The van der Waals surface area contributed by atoms with Gasteiger partial charge in [0.1, 0.15) is 17.3 Å². The number of hydrogen-bond donors (Lipinski definition) is 1. The smallest absolute Gasteiger partial charge is 0.387 e. The van der Waals surface area contributed by atoms with Crippen LogP contribution in [0.4, 0.5) is 14.5 Å². The quantitative estimate of drug-likeness (QED) is 0.928. The maximum atomic E-state index is 12.3.